The highest BCUT2D eigenvalue weighted by molar-refractivity contribution is 5.94. The van der Waals surface area contributed by atoms with Gasteiger partial charge < -0.3 is 37.6 Å². The third-order valence-electron chi connectivity index (χ3n) is 5.51. The number of hydrogen-bond donors (Lipinski definition) is 7. The lowest BCUT2D eigenvalue weighted by molar-refractivity contribution is -0.143. The number of carbonyl (C=O) groups is 6. The van der Waals surface area contributed by atoms with Gasteiger partial charge in [-0.2, -0.15) is 0 Å². The maximum Gasteiger partial charge on any atom is 0.326 e. The molecular formula is C24H35N5O8. The highest BCUT2D eigenvalue weighted by Gasteiger charge is 2.31. The molecule has 1 aromatic rings. The zero-order valence-corrected chi connectivity index (χ0v) is 20.8. The number of carboxylic acids is 2. The van der Waals surface area contributed by atoms with E-state index in [1.54, 1.807) is 44.2 Å². The smallest absolute Gasteiger partial charge is 0.326 e. The Labute approximate surface area is 214 Å². The van der Waals surface area contributed by atoms with E-state index in [2.05, 4.69) is 16.0 Å². The van der Waals surface area contributed by atoms with Crippen molar-refractivity contribution in [1.82, 2.24) is 16.0 Å². The van der Waals surface area contributed by atoms with Crippen LogP contribution in [0.15, 0.2) is 30.3 Å². The largest absolute Gasteiger partial charge is 0.481 e. The van der Waals surface area contributed by atoms with Gasteiger partial charge in [0.05, 0.1) is 6.04 Å². The van der Waals surface area contributed by atoms with Crippen molar-refractivity contribution in [2.75, 3.05) is 0 Å². The van der Waals surface area contributed by atoms with Gasteiger partial charge in [-0.3, -0.25) is 24.0 Å². The van der Waals surface area contributed by atoms with Crippen molar-refractivity contribution in [1.29, 1.82) is 0 Å². The van der Waals surface area contributed by atoms with E-state index >= 15 is 0 Å². The zero-order valence-electron chi connectivity index (χ0n) is 20.8. The number of amides is 4. The summed E-state index contributed by atoms with van der Waals surface area (Å²) in [7, 11) is 0. The van der Waals surface area contributed by atoms with Crippen LogP contribution in [-0.2, 0) is 35.2 Å². The van der Waals surface area contributed by atoms with Gasteiger partial charge in [-0.15, -0.1) is 0 Å². The van der Waals surface area contributed by atoms with E-state index in [1.807, 2.05) is 0 Å². The third kappa shape index (κ3) is 11.5. The first-order valence-electron chi connectivity index (χ1n) is 11.7. The molecule has 0 aliphatic heterocycles. The second kappa shape index (κ2) is 15.2. The van der Waals surface area contributed by atoms with E-state index in [4.69, 9.17) is 16.6 Å². The normalized spacial score (nSPS) is 14.1. The minimum absolute atomic E-state index is 0.0485. The van der Waals surface area contributed by atoms with Crippen LogP contribution in [0.3, 0.4) is 0 Å². The summed E-state index contributed by atoms with van der Waals surface area (Å²) in [5.41, 5.74) is 11.6. The van der Waals surface area contributed by atoms with Crippen LogP contribution in [-0.4, -0.2) is 69.9 Å². The number of nitrogens with one attached hydrogen (secondary N) is 3. The van der Waals surface area contributed by atoms with Crippen LogP contribution in [0.4, 0.5) is 0 Å². The van der Waals surface area contributed by atoms with Crippen LogP contribution in [0.5, 0.6) is 0 Å². The van der Waals surface area contributed by atoms with Crippen LogP contribution >= 0.6 is 0 Å². The van der Waals surface area contributed by atoms with Gasteiger partial charge in [0.1, 0.15) is 18.1 Å². The topological polar surface area (TPSA) is 231 Å². The van der Waals surface area contributed by atoms with Crippen LogP contribution in [0.25, 0.3) is 0 Å². The van der Waals surface area contributed by atoms with Crippen LogP contribution in [0, 0.1) is 5.92 Å². The molecule has 204 valence electrons. The van der Waals surface area contributed by atoms with E-state index in [1.165, 1.54) is 0 Å². The monoisotopic (exact) mass is 521 g/mol. The van der Waals surface area contributed by atoms with Gasteiger partial charge >= 0.3 is 11.9 Å². The summed E-state index contributed by atoms with van der Waals surface area (Å²) >= 11 is 0. The number of hydrogen-bond acceptors (Lipinski definition) is 7. The van der Waals surface area contributed by atoms with Gasteiger partial charge in [0.25, 0.3) is 0 Å². The molecule has 37 heavy (non-hydrogen) atoms. The van der Waals surface area contributed by atoms with E-state index in [-0.39, 0.29) is 31.6 Å². The van der Waals surface area contributed by atoms with Crippen molar-refractivity contribution in [2.45, 2.75) is 70.1 Å². The Morgan fingerprint density at radius 1 is 0.784 bits per heavy atom. The van der Waals surface area contributed by atoms with Crippen molar-refractivity contribution in [3.8, 4) is 0 Å². The fourth-order valence-electron chi connectivity index (χ4n) is 3.25. The number of rotatable bonds is 16. The quantitative estimate of drug-likeness (QED) is 0.139. The number of aliphatic carboxylic acids is 2. The predicted octanol–water partition coefficient (Wildman–Crippen LogP) is -1.12. The summed E-state index contributed by atoms with van der Waals surface area (Å²) < 4.78 is 0. The van der Waals surface area contributed by atoms with Crippen LogP contribution in [0.1, 0.15) is 45.1 Å². The lowest BCUT2D eigenvalue weighted by Gasteiger charge is -2.25. The van der Waals surface area contributed by atoms with Gasteiger partial charge in [0.2, 0.25) is 23.6 Å². The average Bonchev–Trinajstić information content (AvgIpc) is 2.83. The predicted molar refractivity (Wildman–Crippen MR) is 132 cm³/mol. The molecule has 0 spiro atoms. The van der Waals surface area contributed by atoms with E-state index in [9.17, 15) is 33.9 Å². The van der Waals surface area contributed by atoms with Crippen molar-refractivity contribution in [3.05, 3.63) is 35.9 Å². The van der Waals surface area contributed by atoms with E-state index in [0.29, 0.717) is 5.56 Å². The summed E-state index contributed by atoms with van der Waals surface area (Å²) in [6.45, 7) is 3.47. The minimum atomic E-state index is -1.49. The first kappa shape index (κ1) is 31.0. The molecular weight excluding hydrogens is 486 g/mol. The fraction of sp³-hybridized carbons (Fsp3) is 0.500. The number of primary amides is 1. The molecule has 1 rings (SSSR count). The molecule has 4 unspecified atom stereocenters. The summed E-state index contributed by atoms with van der Waals surface area (Å²) in [6, 6.07) is 3.74. The second-order valence-corrected chi connectivity index (χ2v) is 8.92. The van der Waals surface area contributed by atoms with Gasteiger partial charge in [-0.25, -0.2) is 4.79 Å². The van der Waals surface area contributed by atoms with Crippen molar-refractivity contribution in [2.24, 2.45) is 17.4 Å². The highest BCUT2D eigenvalue weighted by Crippen LogP contribution is 2.08. The van der Waals surface area contributed by atoms with Crippen molar-refractivity contribution >= 4 is 35.6 Å². The summed E-state index contributed by atoms with van der Waals surface area (Å²) in [4.78, 5) is 72.3. The molecule has 13 heteroatoms. The molecule has 0 saturated carbocycles. The number of carboxylic acid groups (broad SMARTS) is 2. The molecule has 1 aromatic carbocycles. The summed E-state index contributed by atoms with van der Waals surface area (Å²) in [5, 5.41) is 25.6. The first-order valence-corrected chi connectivity index (χ1v) is 11.7. The van der Waals surface area contributed by atoms with Gasteiger partial charge in [0.15, 0.2) is 0 Å². The molecule has 0 aliphatic rings. The molecule has 0 fully saturated rings. The molecule has 0 bridgehead atoms. The zero-order chi connectivity index (χ0) is 28.1. The summed E-state index contributed by atoms with van der Waals surface area (Å²) in [6.07, 6.45) is -1.43. The van der Waals surface area contributed by atoms with Crippen LogP contribution in [0.2, 0.25) is 0 Å². The van der Waals surface area contributed by atoms with Crippen LogP contribution < -0.4 is 27.4 Å². The highest BCUT2D eigenvalue weighted by atomic mass is 16.4. The van der Waals surface area contributed by atoms with E-state index < -0.39 is 66.2 Å². The minimum Gasteiger partial charge on any atom is -0.481 e. The van der Waals surface area contributed by atoms with Gasteiger partial charge in [-0.05, 0) is 24.3 Å². The Balaban J connectivity index is 3.13. The standard InChI is InChI=1S/C24H35N5O8/c1-13(2)20(26)23(35)29-17(12-14-6-4-3-5-7-14)22(34)27-15(9-11-19(31)32)21(33)28-16(24(36)37)8-10-18(25)30/h3-7,13,15-17,20H,8-12,26H2,1-2H3,(H2,25,30)(H,27,34)(H,28,33)(H,29,35)(H,31,32)(H,36,37). The Bertz CT molecular complexity index is 969. The van der Waals surface area contributed by atoms with Gasteiger partial charge in [0, 0.05) is 19.3 Å². The molecule has 9 N–H and O–H groups in total. The average molecular weight is 522 g/mol. The van der Waals surface area contributed by atoms with Crippen molar-refractivity contribution < 1.29 is 39.0 Å². The van der Waals surface area contributed by atoms with Crippen molar-refractivity contribution in [3.63, 3.8) is 0 Å². The Morgan fingerprint density at radius 3 is 1.81 bits per heavy atom. The first-order chi connectivity index (χ1) is 17.3. The summed E-state index contributed by atoms with van der Waals surface area (Å²) in [5.74, 6) is -6.01. The van der Waals surface area contributed by atoms with Gasteiger partial charge in [-0.1, -0.05) is 44.2 Å². The molecule has 4 atom stereocenters. The third-order valence-corrected chi connectivity index (χ3v) is 5.51. The number of nitrogens with two attached hydrogens (primary N) is 2. The molecule has 0 saturated heterocycles. The fourth-order valence-corrected chi connectivity index (χ4v) is 3.25. The van der Waals surface area contributed by atoms with E-state index in [0.717, 1.165) is 0 Å². The molecule has 0 aliphatic carbocycles. The lowest BCUT2D eigenvalue weighted by atomic mass is 10.0. The molecule has 4 amide bonds. The SMILES string of the molecule is CC(C)C(N)C(=O)NC(Cc1ccccc1)C(=O)NC(CCC(=O)O)C(=O)NC(CCC(N)=O)C(=O)O. The lowest BCUT2D eigenvalue weighted by Crippen LogP contribution is -2.58. The Hall–Kier alpha value is -4.00. The molecule has 0 aromatic heterocycles. The Morgan fingerprint density at radius 2 is 1.30 bits per heavy atom. The molecule has 13 nitrogen and oxygen atoms in total. The number of benzene rings is 1. The second-order valence-electron chi connectivity index (χ2n) is 8.92. The molecule has 0 heterocycles. The maximum absolute atomic E-state index is 13.2. The Kier molecular flexibility index (Phi) is 12.7. The number of carbonyl (C=O) groups excluding carboxylic acids is 4. The molecule has 0 radical (unpaired) electrons. The maximum atomic E-state index is 13.2.